The molecule has 0 aliphatic heterocycles. The number of benzene rings is 2. The molecule has 0 amide bonds. The Bertz CT molecular complexity index is 1260. The molecule has 0 aliphatic rings. The van der Waals surface area contributed by atoms with E-state index in [4.69, 9.17) is 18.3 Å². The Morgan fingerprint density at radius 2 is 1.89 bits per heavy atom. The Balaban J connectivity index is 1.85. The third-order valence-electron chi connectivity index (χ3n) is 4.69. The van der Waals surface area contributed by atoms with Crippen LogP contribution in [0.1, 0.15) is 23.0 Å². The molecule has 4 aromatic rings. The van der Waals surface area contributed by atoms with Crippen molar-refractivity contribution in [2.24, 2.45) is 0 Å². The highest BCUT2D eigenvalue weighted by atomic mass is 16.5. The standard InChI is InChI=1S/C22H18O6/c1-4-26-22(24)21-12(2)16-9-13(5-8-18(16)28-21)17-11-27-19-10-14(25-3)6-7-15(19)20(17)23/h5-11H,4H2,1-3H3. The predicted octanol–water partition coefficient (Wildman–Crippen LogP) is 4.70. The SMILES string of the molecule is CCOC(=O)c1oc2ccc(-c3coc4cc(OC)ccc4c3=O)cc2c1C. The van der Waals surface area contributed by atoms with Crippen molar-refractivity contribution in [3.63, 3.8) is 0 Å². The summed E-state index contributed by atoms with van der Waals surface area (Å²) in [6, 6.07) is 10.4. The maximum absolute atomic E-state index is 12.9. The van der Waals surface area contributed by atoms with Gasteiger partial charge in [0.05, 0.1) is 24.7 Å². The number of methoxy groups -OCH3 is 1. The van der Waals surface area contributed by atoms with E-state index < -0.39 is 5.97 Å². The predicted molar refractivity (Wildman–Crippen MR) is 105 cm³/mol. The minimum Gasteiger partial charge on any atom is -0.497 e. The minimum absolute atomic E-state index is 0.144. The summed E-state index contributed by atoms with van der Waals surface area (Å²) in [5.41, 5.74) is 2.65. The fourth-order valence-corrected chi connectivity index (χ4v) is 3.21. The van der Waals surface area contributed by atoms with Crippen LogP contribution in [0.5, 0.6) is 5.75 Å². The van der Waals surface area contributed by atoms with Crippen LogP contribution in [-0.4, -0.2) is 19.7 Å². The third kappa shape index (κ3) is 2.83. The number of aryl methyl sites for hydroxylation is 1. The normalized spacial score (nSPS) is 11.1. The lowest BCUT2D eigenvalue weighted by molar-refractivity contribution is 0.0491. The van der Waals surface area contributed by atoms with Crippen molar-refractivity contribution < 1.29 is 23.1 Å². The van der Waals surface area contributed by atoms with E-state index >= 15 is 0 Å². The van der Waals surface area contributed by atoms with Crippen molar-refractivity contribution in [2.75, 3.05) is 13.7 Å². The molecule has 0 saturated carbocycles. The maximum atomic E-state index is 12.9. The van der Waals surface area contributed by atoms with Gasteiger partial charge in [0, 0.05) is 17.0 Å². The molecule has 142 valence electrons. The first kappa shape index (κ1) is 17.9. The number of furan rings is 1. The largest absolute Gasteiger partial charge is 0.497 e. The number of carbonyl (C=O) groups is 1. The molecule has 0 unspecified atom stereocenters. The molecule has 0 aliphatic carbocycles. The van der Waals surface area contributed by atoms with Gasteiger partial charge in [0.25, 0.3) is 0 Å². The summed E-state index contributed by atoms with van der Waals surface area (Å²) in [6.07, 6.45) is 1.44. The number of rotatable bonds is 4. The Hall–Kier alpha value is -3.54. The fourth-order valence-electron chi connectivity index (χ4n) is 3.21. The van der Waals surface area contributed by atoms with E-state index in [9.17, 15) is 9.59 Å². The molecule has 0 saturated heterocycles. The van der Waals surface area contributed by atoms with Crippen LogP contribution in [0, 0.1) is 6.92 Å². The molecular formula is C22H18O6. The number of fused-ring (bicyclic) bond motifs is 2. The second-order valence-electron chi connectivity index (χ2n) is 6.33. The summed E-state index contributed by atoms with van der Waals surface area (Å²) >= 11 is 0. The van der Waals surface area contributed by atoms with Gasteiger partial charge in [-0.25, -0.2) is 4.79 Å². The van der Waals surface area contributed by atoms with E-state index in [1.54, 1.807) is 51.3 Å². The summed E-state index contributed by atoms with van der Waals surface area (Å²) in [5.74, 6) is 0.286. The van der Waals surface area contributed by atoms with Gasteiger partial charge >= 0.3 is 5.97 Å². The van der Waals surface area contributed by atoms with Gasteiger partial charge in [-0.05, 0) is 43.7 Å². The smallest absolute Gasteiger partial charge is 0.374 e. The van der Waals surface area contributed by atoms with Crippen molar-refractivity contribution in [3.8, 4) is 16.9 Å². The third-order valence-corrected chi connectivity index (χ3v) is 4.69. The van der Waals surface area contributed by atoms with Crippen LogP contribution in [0.3, 0.4) is 0 Å². The van der Waals surface area contributed by atoms with Gasteiger partial charge in [-0.15, -0.1) is 0 Å². The first-order valence-electron chi connectivity index (χ1n) is 8.83. The molecule has 6 nitrogen and oxygen atoms in total. The van der Waals surface area contributed by atoms with Crippen LogP contribution < -0.4 is 10.2 Å². The summed E-state index contributed by atoms with van der Waals surface area (Å²) in [7, 11) is 1.56. The van der Waals surface area contributed by atoms with Crippen molar-refractivity contribution in [1.29, 1.82) is 0 Å². The van der Waals surface area contributed by atoms with Gasteiger partial charge in [-0.2, -0.15) is 0 Å². The maximum Gasteiger partial charge on any atom is 0.374 e. The molecule has 2 heterocycles. The van der Waals surface area contributed by atoms with Crippen LogP contribution in [0.15, 0.2) is 56.3 Å². The summed E-state index contributed by atoms with van der Waals surface area (Å²) in [5, 5.41) is 1.21. The molecule has 0 N–H and O–H groups in total. The van der Waals surface area contributed by atoms with Crippen molar-refractivity contribution >= 4 is 27.9 Å². The molecule has 0 fully saturated rings. The molecule has 0 atom stereocenters. The van der Waals surface area contributed by atoms with Gasteiger partial charge in [0.1, 0.15) is 23.2 Å². The summed E-state index contributed by atoms with van der Waals surface area (Å²) in [6.45, 7) is 3.79. The van der Waals surface area contributed by atoms with E-state index in [0.717, 1.165) is 5.39 Å². The van der Waals surface area contributed by atoms with Crippen LogP contribution in [0.4, 0.5) is 0 Å². The van der Waals surface area contributed by atoms with Crippen molar-refractivity contribution in [2.45, 2.75) is 13.8 Å². The van der Waals surface area contributed by atoms with E-state index in [2.05, 4.69) is 0 Å². The molecule has 28 heavy (non-hydrogen) atoms. The Labute approximate surface area is 160 Å². The zero-order valence-electron chi connectivity index (χ0n) is 15.7. The first-order valence-corrected chi connectivity index (χ1v) is 8.83. The zero-order valence-corrected chi connectivity index (χ0v) is 15.7. The van der Waals surface area contributed by atoms with E-state index in [1.807, 2.05) is 6.07 Å². The van der Waals surface area contributed by atoms with Crippen LogP contribution in [0.25, 0.3) is 33.1 Å². The lowest BCUT2D eigenvalue weighted by Crippen LogP contribution is -2.05. The molecule has 0 bridgehead atoms. The molecular weight excluding hydrogens is 360 g/mol. The average molecular weight is 378 g/mol. The highest BCUT2D eigenvalue weighted by Gasteiger charge is 2.20. The van der Waals surface area contributed by atoms with Gasteiger partial charge < -0.3 is 18.3 Å². The lowest BCUT2D eigenvalue weighted by Gasteiger charge is -2.05. The lowest BCUT2D eigenvalue weighted by atomic mass is 10.0. The van der Waals surface area contributed by atoms with E-state index in [1.165, 1.54) is 6.26 Å². The average Bonchev–Trinajstić information content (AvgIpc) is 3.04. The first-order chi connectivity index (χ1) is 13.5. The topological polar surface area (TPSA) is 78.9 Å². The number of carbonyl (C=O) groups excluding carboxylic acids is 1. The number of ether oxygens (including phenoxy) is 2. The highest BCUT2D eigenvalue weighted by Crippen LogP contribution is 2.30. The van der Waals surface area contributed by atoms with E-state index in [-0.39, 0.29) is 17.8 Å². The second kappa shape index (κ2) is 6.88. The number of esters is 1. The highest BCUT2D eigenvalue weighted by molar-refractivity contribution is 5.97. The monoisotopic (exact) mass is 378 g/mol. The fraction of sp³-hybridized carbons (Fsp3) is 0.182. The van der Waals surface area contributed by atoms with E-state index in [0.29, 0.717) is 39.0 Å². The Morgan fingerprint density at radius 1 is 1.07 bits per heavy atom. The van der Waals surface area contributed by atoms with Crippen LogP contribution in [-0.2, 0) is 4.74 Å². The number of hydrogen-bond donors (Lipinski definition) is 0. The van der Waals surface area contributed by atoms with Crippen LogP contribution in [0.2, 0.25) is 0 Å². The number of hydrogen-bond acceptors (Lipinski definition) is 6. The Morgan fingerprint density at radius 3 is 2.64 bits per heavy atom. The molecule has 2 aromatic heterocycles. The molecule has 2 aromatic carbocycles. The van der Waals surface area contributed by atoms with Gasteiger partial charge in [-0.3, -0.25) is 4.79 Å². The van der Waals surface area contributed by atoms with Gasteiger partial charge in [-0.1, -0.05) is 6.07 Å². The minimum atomic E-state index is -0.503. The van der Waals surface area contributed by atoms with Crippen molar-refractivity contribution in [3.05, 3.63) is 64.2 Å². The van der Waals surface area contributed by atoms with Gasteiger partial charge in [0.2, 0.25) is 5.76 Å². The molecule has 0 radical (unpaired) electrons. The molecule has 4 rings (SSSR count). The quantitative estimate of drug-likeness (QED) is 0.479. The van der Waals surface area contributed by atoms with Crippen LogP contribution >= 0.6 is 0 Å². The summed E-state index contributed by atoms with van der Waals surface area (Å²) in [4.78, 5) is 25.0. The molecule has 6 heteroatoms. The summed E-state index contributed by atoms with van der Waals surface area (Å²) < 4.78 is 21.5. The Kier molecular flexibility index (Phi) is 4.39. The van der Waals surface area contributed by atoms with Gasteiger partial charge in [0.15, 0.2) is 5.43 Å². The van der Waals surface area contributed by atoms with Crippen molar-refractivity contribution in [1.82, 2.24) is 0 Å². The zero-order chi connectivity index (χ0) is 19.8. The second-order valence-corrected chi connectivity index (χ2v) is 6.33. The molecule has 0 spiro atoms.